The first-order valence-corrected chi connectivity index (χ1v) is 15.0. The van der Waals surface area contributed by atoms with Gasteiger partial charge < -0.3 is 19.4 Å². The number of amides is 2. The molecule has 0 spiro atoms. The van der Waals surface area contributed by atoms with E-state index in [1.807, 2.05) is 15.9 Å². The van der Waals surface area contributed by atoms with E-state index in [1.54, 1.807) is 4.90 Å². The number of carbonyl (C=O) groups is 1. The van der Waals surface area contributed by atoms with Gasteiger partial charge in [0.1, 0.15) is 0 Å². The van der Waals surface area contributed by atoms with Gasteiger partial charge in [0.05, 0.1) is 35.9 Å². The number of carbonyl (C=O) groups excluding carboxylic acids is 1. The molecule has 0 radical (unpaired) electrons. The van der Waals surface area contributed by atoms with Crippen LogP contribution in [0.5, 0.6) is 0 Å². The number of sulfonamides is 1. The number of nitrogens with one attached hydrogen (secondary N) is 1. The van der Waals surface area contributed by atoms with E-state index in [2.05, 4.69) is 20.0 Å². The molecule has 6 rings (SSSR count). The third-order valence-corrected chi connectivity index (χ3v) is 9.68. The summed E-state index contributed by atoms with van der Waals surface area (Å²) in [6.07, 6.45) is 0.705. The van der Waals surface area contributed by atoms with Crippen LogP contribution in [-0.4, -0.2) is 102 Å². The number of halogens is 2. The highest BCUT2D eigenvalue weighted by Gasteiger charge is 2.43. The van der Waals surface area contributed by atoms with Crippen LogP contribution >= 0.6 is 11.3 Å². The molecule has 40 heavy (non-hydrogen) atoms. The fourth-order valence-electron chi connectivity index (χ4n) is 5.07. The Labute approximate surface area is 232 Å². The fourth-order valence-corrected chi connectivity index (χ4v) is 7.07. The molecule has 0 bridgehead atoms. The van der Waals surface area contributed by atoms with Gasteiger partial charge in [-0.25, -0.2) is 26.7 Å². The molecule has 2 amide bonds. The molecule has 1 N–H and O–H groups in total. The molecule has 3 aliphatic rings. The van der Waals surface area contributed by atoms with Crippen molar-refractivity contribution in [3.05, 3.63) is 23.3 Å². The van der Waals surface area contributed by atoms with Gasteiger partial charge in [0.15, 0.2) is 10.5 Å². The number of ether oxygens (including phenoxy) is 1. The van der Waals surface area contributed by atoms with Crippen LogP contribution in [0.15, 0.2) is 23.2 Å². The average Bonchev–Trinajstić information content (AvgIpc) is 3.70. The van der Waals surface area contributed by atoms with Crippen molar-refractivity contribution < 1.29 is 26.7 Å². The molecule has 17 heteroatoms. The lowest BCUT2D eigenvalue weighted by Crippen LogP contribution is -2.61. The zero-order valence-corrected chi connectivity index (χ0v) is 22.8. The number of urea groups is 1. The molecule has 5 heterocycles. The smallest absolute Gasteiger partial charge is 0.320 e. The number of fused-ring (bicyclic) bond motifs is 1. The van der Waals surface area contributed by atoms with Crippen molar-refractivity contribution in [2.75, 3.05) is 57.4 Å². The summed E-state index contributed by atoms with van der Waals surface area (Å²) in [4.78, 5) is 18.4. The first-order valence-electron chi connectivity index (χ1n) is 12.7. The van der Waals surface area contributed by atoms with Gasteiger partial charge in [0.25, 0.3) is 6.43 Å². The van der Waals surface area contributed by atoms with Crippen molar-refractivity contribution in [1.82, 2.24) is 34.5 Å². The molecular weight excluding hydrogens is 568 g/mol. The van der Waals surface area contributed by atoms with E-state index in [-0.39, 0.29) is 29.3 Å². The van der Waals surface area contributed by atoms with E-state index in [0.29, 0.717) is 54.1 Å². The van der Waals surface area contributed by atoms with Crippen molar-refractivity contribution in [1.29, 1.82) is 5.26 Å². The van der Waals surface area contributed by atoms with Gasteiger partial charge in [-0.05, 0) is 25.0 Å². The topological polar surface area (TPSA) is 150 Å². The molecule has 1 aromatic carbocycles. The van der Waals surface area contributed by atoms with E-state index in [4.69, 9.17) is 4.74 Å². The second-order valence-corrected chi connectivity index (χ2v) is 12.6. The lowest BCUT2D eigenvalue weighted by atomic mass is 10.0. The molecule has 0 unspecified atom stereocenters. The summed E-state index contributed by atoms with van der Waals surface area (Å²) < 4.78 is 62.2. The normalized spacial score (nSPS) is 19.3. The summed E-state index contributed by atoms with van der Waals surface area (Å²) in [5.41, 5.74) is -0.505. The molecule has 3 aliphatic heterocycles. The van der Waals surface area contributed by atoms with E-state index in [1.165, 1.54) is 23.0 Å². The molecule has 0 saturated carbocycles. The molecular formula is C23H25F2N9O4S2. The Bertz CT molecular complexity index is 1580. The van der Waals surface area contributed by atoms with Crippen LogP contribution in [0.25, 0.3) is 16.0 Å². The molecule has 13 nitrogen and oxygen atoms in total. The Hall–Kier alpha value is -3.46. The first kappa shape index (κ1) is 26.7. The Morgan fingerprint density at radius 3 is 2.40 bits per heavy atom. The third-order valence-electron chi connectivity index (χ3n) is 7.26. The van der Waals surface area contributed by atoms with Crippen LogP contribution in [0, 0.1) is 11.3 Å². The van der Waals surface area contributed by atoms with Gasteiger partial charge in [-0.15, -0.1) is 10.2 Å². The van der Waals surface area contributed by atoms with E-state index < -0.39 is 27.0 Å². The lowest BCUT2D eigenvalue weighted by molar-refractivity contribution is -0.0324. The van der Waals surface area contributed by atoms with E-state index in [9.17, 15) is 27.3 Å². The number of rotatable bonds is 6. The van der Waals surface area contributed by atoms with Gasteiger partial charge in [-0.2, -0.15) is 15.1 Å². The maximum absolute atomic E-state index is 13.5. The Kier molecular flexibility index (Phi) is 6.81. The minimum absolute atomic E-state index is 0.00580. The molecule has 2 aromatic heterocycles. The Morgan fingerprint density at radius 2 is 1.80 bits per heavy atom. The zero-order valence-electron chi connectivity index (χ0n) is 21.2. The summed E-state index contributed by atoms with van der Waals surface area (Å²) >= 11 is 0.651. The highest BCUT2D eigenvalue weighted by atomic mass is 32.2. The largest absolute Gasteiger partial charge is 0.375 e. The SMILES string of the molecule is N#CC1(NS(=O)(=O)c2cc(N3CCN(C(=O)N4CCCC4)CC3)c3cnn(-c4nnc(C(F)F)s4)c3c2)COC1. The lowest BCUT2D eigenvalue weighted by Gasteiger charge is -2.38. The average molecular weight is 594 g/mol. The highest BCUT2D eigenvalue weighted by Crippen LogP contribution is 2.35. The highest BCUT2D eigenvalue weighted by molar-refractivity contribution is 7.89. The monoisotopic (exact) mass is 593 g/mol. The maximum Gasteiger partial charge on any atom is 0.320 e. The number of hydrogen-bond donors (Lipinski definition) is 1. The summed E-state index contributed by atoms with van der Waals surface area (Å²) in [6.45, 7) is 3.13. The van der Waals surface area contributed by atoms with Crippen LogP contribution in [0.2, 0.25) is 0 Å². The predicted molar refractivity (Wildman–Crippen MR) is 139 cm³/mol. The fraction of sp³-hybridized carbons (Fsp3) is 0.522. The van der Waals surface area contributed by atoms with Gasteiger partial charge in [0.2, 0.25) is 15.2 Å². The van der Waals surface area contributed by atoms with E-state index in [0.717, 1.165) is 25.9 Å². The number of anilines is 1. The predicted octanol–water partition coefficient (Wildman–Crippen LogP) is 1.72. The molecule has 212 valence electrons. The summed E-state index contributed by atoms with van der Waals surface area (Å²) in [5, 5.41) is 21.4. The van der Waals surface area contributed by atoms with Crippen molar-refractivity contribution in [3.8, 4) is 11.2 Å². The zero-order chi connectivity index (χ0) is 28.1. The van der Waals surface area contributed by atoms with Crippen LogP contribution < -0.4 is 9.62 Å². The van der Waals surface area contributed by atoms with Crippen molar-refractivity contribution in [2.24, 2.45) is 0 Å². The van der Waals surface area contributed by atoms with Crippen molar-refractivity contribution in [2.45, 2.75) is 29.7 Å². The summed E-state index contributed by atoms with van der Waals surface area (Å²) in [6, 6.07) is 4.85. The number of likely N-dealkylation sites (tertiary alicyclic amines) is 1. The van der Waals surface area contributed by atoms with Gasteiger partial charge in [-0.1, -0.05) is 11.3 Å². The molecule has 3 aromatic rings. The maximum atomic E-state index is 13.5. The standard InChI is InChI=1S/C23H25F2N9O4S2/c24-19(25)20-28-29-21(39-20)34-18-10-15(40(36,37)30-23(12-26)13-38-14-23)9-17(16(18)11-27-34)31-5-7-33(8-6-31)22(35)32-3-1-2-4-32/h9-11,19,30H,1-8,13-14H2. The van der Waals surface area contributed by atoms with Crippen molar-refractivity contribution in [3.63, 3.8) is 0 Å². The molecule has 3 fully saturated rings. The third kappa shape index (κ3) is 4.74. The quantitative estimate of drug-likeness (QED) is 0.451. The second-order valence-electron chi connectivity index (χ2n) is 9.90. The number of nitrogens with zero attached hydrogens (tertiary/aromatic N) is 8. The summed E-state index contributed by atoms with van der Waals surface area (Å²) in [7, 11) is -4.21. The molecule has 0 aliphatic carbocycles. The number of benzene rings is 1. The number of piperazine rings is 1. The molecule has 0 atom stereocenters. The number of hydrogen-bond acceptors (Lipinski definition) is 10. The number of alkyl halides is 2. The van der Waals surface area contributed by atoms with Crippen molar-refractivity contribution >= 4 is 44.0 Å². The minimum atomic E-state index is -4.21. The van der Waals surface area contributed by atoms with Crippen LogP contribution in [0.3, 0.4) is 0 Å². The first-order chi connectivity index (χ1) is 19.2. The summed E-state index contributed by atoms with van der Waals surface area (Å²) in [5.74, 6) is 0. The van der Waals surface area contributed by atoms with Crippen LogP contribution in [0.1, 0.15) is 24.3 Å². The Balaban J connectivity index is 1.37. The molecule has 3 saturated heterocycles. The van der Waals surface area contributed by atoms with Crippen LogP contribution in [0.4, 0.5) is 19.3 Å². The van der Waals surface area contributed by atoms with Gasteiger partial charge in [0, 0.05) is 50.3 Å². The Morgan fingerprint density at radius 1 is 1.10 bits per heavy atom. The second kappa shape index (κ2) is 10.2. The van der Waals surface area contributed by atoms with E-state index >= 15 is 0 Å². The van der Waals surface area contributed by atoms with Crippen LogP contribution in [-0.2, 0) is 14.8 Å². The van der Waals surface area contributed by atoms with Gasteiger partial charge in [-0.3, -0.25) is 0 Å². The number of nitriles is 1. The minimum Gasteiger partial charge on any atom is -0.375 e. The van der Waals surface area contributed by atoms with Gasteiger partial charge >= 0.3 is 6.03 Å². The number of aromatic nitrogens is 4.